The highest BCUT2D eigenvalue weighted by atomic mass is 35.5. The van der Waals surface area contributed by atoms with Gasteiger partial charge in [-0.05, 0) is 49.4 Å². The maximum atomic E-state index is 12.2. The molecule has 2 aromatic rings. The number of ether oxygens (including phenoxy) is 2. The zero-order valence-electron chi connectivity index (χ0n) is 12.6. The average Bonchev–Trinajstić information content (AvgIpc) is 2.51. The first-order valence-corrected chi connectivity index (χ1v) is 7.92. The Balaban J connectivity index is 1.94. The zero-order valence-corrected chi connectivity index (χ0v) is 14.2. The SMILES string of the molecule is CCOCCOc1ccc(C(=O)Nc2cc(Cl)cc(Cl)c2)cc1. The minimum Gasteiger partial charge on any atom is -0.491 e. The normalized spacial score (nSPS) is 10.4. The van der Waals surface area contributed by atoms with Crippen molar-refractivity contribution in [3.8, 4) is 5.75 Å². The fourth-order valence-corrected chi connectivity index (χ4v) is 2.42. The minimum atomic E-state index is -0.246. The van der Waals surface area contributed by atoms with Gasteiger partial charge in [0.1, 0.15) is 12.4 Å². The molecule has 2 aromatic carbocycles. The summed E-state index contributed by atoms with van der Waals surface area (Å²) in [5.41, 5.74) is 1.06. The molecular weight excluding hydrogens is 337 g/mol. The van der Waals surface area contributed by atoms with E-state index >= 15 is 0 Å². The lowest BCUT2D eigenvalue weighted by molar-refractivity contribution is 0.102. The number of rotatable bonds is 7. The summed E-state index contributed by atoms with van der Waals surface area (Å²) in [6, 6.07) is 11.7. The van der Waals surface area contributed by atoms with Crippen LogP contribution in [-0.4, -0.2) is 25.7 Å². The molecule has 0 atom stereocenters. The summed E-state index contributed by atoms with van der Waals surface area (Å²) in [4.78, 5) is 12.2. The Hall–Kier alpha value is -1.75. The number of benzene rings is 2. The van der Waals surface area contributed by atoms with E-state index in [0.29, 0.717) is 46.9 Å². The third-order valence-electron chi connectivity index (χ3n) is 2.94. The van der Waals surface area contributed by atoms with Crippen LogP contribution in [0, 0.1) is 0 Å². The summed E-state index contributed by atoms with van der Waals surface area (Å²) in [6.07, 6.45) is 0. The van der Waals surface area contributed by atoms with E-state index in [0.717, 1.165) is 0 Å². The molecule has 0 unspecified atom stereocenters. The predicted octanol–water partition coefficient (Wildman–Crippen LogP) is 4.66. The molecule has 2 rings (SSSR count). The van der Waals surface area contributed by atoms with Gasteiger partial charge < -0.3 is 14.8 Å². The third kappa shape index (κ3) is 5.75. The second kappa shape index (κ2) is 8.77. The molecule has 4 nitrogen and oxygen atoms in total. The summed E-state index contributed by atoms with van der Waals surface area (Å²) in [7, 11) is 0. The van der Waals surface area contributed by atoms with E-state index in [-0.39, 0.29) is 5.91 Å². The van der Waals surface area contributed by atoms with Crippen molar-refractivity contribution in [2.24, 2.45) is 0 Å². The first-order chi connectivity index (χ1) is 11.1. The van der Waals surface area contributed by atoms with Gasteiger partial charge in [0.15, 0.2) is 0 Å². The van der Waals surface area contributed by atoms with Gasteiger partial charge in [-0.1, -0.05) is 23.2 Å². The Morgan fingerprint density at radius 1 is 1.04 bits per heavy atom. The molecule has 0 spiro atoms. The second-order valence-corrected chi connectivity index (χ2v) is 5.55. The summed E-state index contributed by atoms with van der Waals surface area (Å²) >= 11 is 11.8. The molecule has 0 saturated carbocycles. The first-order valence-electron chi connectivity index (χ1n) is 7.16. The molecule has 0 saturated heterocycles. The van der Waals surface area contributed by atoms with Crippen LogP contribution in [0.2, 0.25) is 10.0 Å². The number of carbonyl (C=O) groups excluding carboxylic acids is 1. The van der Waals surface area contributed by atoms with Gasteiger partial charge in [0.05, 0.1) is 6.61 Å². The van der Waals surface area contributed by atoms with Crippen LogP contribution in [0.4, 0.5) is 5.69 Å². The fraction of sp³-hybridized carbons (Fsp3) is 0.235. The molecule has 0 aliphatic rings. The lowest BCUT2D eigenvalue weighted by Crippen LogP contribution is -2.12. The van der Waals surface area contributed by atoms with Gasteiger partial charge in [-0.15, -0.1) is 0 Å². The Morgan fingerprint density at radius 2 is 1.70 bits per heavy atom. The monoisotopic (exact) mass is 353 g/mol. The molecule has 1 N–H and O–H groups in total. The van der Waals surface area contributed by atoms with Crippen molar-refractivity contribution in [1.29, 1.82) is 0 Å². The summed E-state index contributed by atoms with van der Waals surface area (Å²) in [6.45, 7) is 3.60. The summed E-state index contributed by atoms with van der Waals surface area (Å²) in [5, 5.41) is 3.68. The topological polar surface area (TPSA) is 47.6 Å². The quantitative estimate of drug-likeness (QED) is 0.736. The van der Waals surface area contributed by atoms with Crippen LogP contribution in [0.5, 0.6) is 5.75 Å². The van der Waals surface area contributed by atoms with Crippen LogP contribution in [0.25, 0.3) is 0 Å². The standard InChI is InChI=1S/C17H17Cl2NO3/c1-2-22-7-8-23-16-5-3-12(4-6-16)17(21)20-15-10-13(18)9-14(19)11-15/h3-6,9-11H,2,7-8H2,1H3,(H,20,21). The fourth-order valence-electron chi connectivity index (χ4n) is 1.89. The number of hydrogen-bond acceptors (Lipinski definition) is 3. The predicted molar refractivity (Wildman–Crippen MR) is 92.8 cm³/mol. The summed E-state index contributed by atoms with van der Waals surface area (Å²) < 4.78 is 10.7. The molecule has 23 heavy (non-hydrogen) atoms. The van der Waals surface area contributed by atoms with Gasteiger partial charge in [0.2, 0.25) is 0 Å². The first kappa shape index (κ1) is 17.6. The van der Waals surface area contributed by atoms with Crippen molar-refractivity contribution in [2.45, 2.75) is 6.92 Å². The minimum absolute atomic E-state index is 0.246. The maximum Gasteiger partial charge on any atom is 0.255 e. The number of carbonyl (C=O) groups is 1. The smallest absolute Gasteiger partial charge is 0.255 e. The van der Waals surface area contributed by atoms with Gasteiger partial charge >= 0.3 is 0 Å². The van der Waals surface area contributed by atoms with Gasteiger partial charge in [0.25, 0.3) is 5.91 Å². The van der Waals surface area contributed by atoms with Crippen molar-refractivity contribution < 1.29 is 14.3 Å². The number of anilines is 1. The van der Waals surface area contributed by atoms with Crippen molar-refractivity contribution >= 4 is 34.8 Å². The molecular formula is C17H17Cl2NO3. The van der Waals surface area contributed by atoms with Gasteiger partial charge in [-0.3, -0.25) is 4.79 Å². The van der Waals surface area contributed by atoms with Crippen LogP contribution in [0.1, 0.15) is 17.3 Å². The molecule has 0 bridgehead atoms. The largest absolute Gasteiger partial charge is 0.491 e. The summed E-state index contributed by atoms with van der Waals surface area (Å²) in [5.74, 6) is 0.441. The molecule has 0 aromatic heterocycles. The molecule has 0 aliphatic carbocycles. The lowest BCUT2D eigenvalue weighted by atomic mass is 10.2. The van der Waals surface area contributed by atoms with Crippen molar-refractivity contribution in [1.82, 2.24) is 0 Å². The lowest BCUT2D eigenvalue weighted by Gasteiger charge is -2.08. The van der Waals surface area contributed by atoms with Crippen molar-refractivity contribution in [2.75, 3.05) is 25.1 Å². The van der Waals surface area contributed by atoms with E-state index in [4.69, 9.17) is 32.7 Å². The highest BCUT2D eigenvalue weighted by molar-refractivity contribution is 6.35. The third-order valence-corrected chi connectivity index (χ3v) is 3.37. The van der Waals surface area contributed by atoms with E-state index in [9.17, 15) is 4.79 Å². The van der Waals surface area contributed by atoms with Crippen LogP contribution in [0.15, 0.2) is 42.5 Å². The highest BCUT2D eigenvalue weighted by Gasteiger charge is 2.07. The van der Waals surface area contributed by atoms with E-state index in [2.05, 4.69) is 5.32 Å². The second-order valence-electron chi connectivity index (χ2n) is 4.68. The number of halogens is 2. The van der Waals surface area contributed by atoms with Crippen LogP contribution >= 0.6 is 23.2 Å². The Bertz CT molecular complexity index is 639. The molecule has 1 amide bonds. The van der Waals surface area contributed by atoms with Gasteiger partial charge in [-0.2, -0.15) is 0 Å². The van der Waals surface area contributed by atoms with Crippen molar-refractivity contribution in [3.05, 3.63) is 58.1 Å². The molecule has 6 heteroatoms. The maximum absolute atomic E-state index is 12.2. The molecule has 0 fully saturated rings. The highest BCUT2D eigenvalue weighted by Crippen LogP contribution is 2.23. The molecule has 0 radical (unpaired) electrons. The Kier molecular flexibility index (Phi) is 6.71. The van der Waals surface area contributed by atoms with Crippen LogP contribution < -0.4 is 10.1 Å². The van der Waals surface area contributed by atoms with E-state index in [1.807, 2.05) is 6.92 Å². The average molecular weight is 354 g/mol. The van der Waals surface area contributed by atoms with Crippen LogP contribution in [-0.2, 0) is 4.74 Å². The molecule has 122 valence electrons. The van der Waals surface area contributed by atoms with Gasteiger partial charge in [-0.25, -0.2) is 0 Å². The van der Waals surface area contributed by atoms with E-state index in [1.165, 1.54) is 0 Å². The number of hydrogen-bond donors (Lipinski definition) is 1. The van der Waals surface area contributed by atoms with E-state index in [1.54, 1.807) is 42.5 Å². The van der Waals surface area contributed by atoms with Gasteiger partial charge in [0, 0.05) is 27.9 Å². The Morgan fingerprint density at radius 3 is 2.30 bits per heavy atom. The Labute approximate surface area is 145 Å². The van der Waals surface area contributed by atoms with Crippen LogP contribution in [0.3, 0.4) is 0 Å². The molecule has 0 aliphatic heterocycles. The zero-order chi connectivity index (χ0) is 16.7. The number of amides is 1. The van der Waals surface area contributed by atoms with Crippen molar-refractivity contribution in [3.63, 3.8) is 0 Å². The number of nitrogens with one attached hydrogen (secondary N) is 1. The van der Waals surface area contributed by atoms with E-state index < -0.39 is 0 Å². The molecule has 0 heterocycles.